The van der Waals surface area contributed by atoms with Crippen LogP contribution in [-0.4, -0.2) is 56.9 Å². The molecule has 0 bridgehead atoms. The summed E-state index contributed by atoms with van der Waals surface area (Å²) < 4.78 is 6.81. The van der Waals surface area contributed by atoms with Gasteiger partial charge in [-0.15, -0.1) is 0 Å². The van der Waals surface area contributed by atoms with Gasteiger partial charge in [-0.3, -0.25) is 4.79 Å². The van der Waals surface area contributed by atoms with Gasteiger partial charge in [-0.25, -0.2) is 19.6 Å². The summed E-state index contributed by atoms with van der Waals surface area (Å²) in [5.41, 5.74) is 1.66. The number of morpholine rings is 1. The first-order valence-electron chi connectivity index (χ1n) is 7.47. The van der Waals surface area contributed by atoms with Crippen LogP contribution in [0, 0.1) is 6.92 Å². The summed E-state index contributed by atoms with van der Waals surface area (Å²) in [6.07, 6.45) is 2.90. The molecule has 0 unspecified atom stereocenters. The molecule has 0 spiro atoms. The number of nitrogens with one attached hydrogen (secondary N) is 1. The minimum Gasteiger partial charge on any atom is -0.378 e. The van der Waals surface area contributed by atoms with E-state index in [1.165, 1.54) is 17.3 Å². The van der Waals surface area contributed by atoms with Crippen molar-refractivity contribution >= 4 is 11.9 Å². The molecule has 1 saturated heterocycles. The maximum absolute atomic E-state index is 11.9. The Morgan fingerprint density at radius 2 is 2.17 bits per heavy atom. The van der Waals surface area contributed by atoms with Crippen LogP contribution in [0.4, 0.5) is 5.95 Å². The zero-order valence-corrected chi connectivity index (χ0v) is 13.0. The maximum atomic E-state index is 11.9. The molecule has 9 heteroatoms. The van der Waals surface area contributed by atoms with Crippen LogP contribution in [-0.2, 0) is 22.6 Å². The second-order valence-electron chi connectivity index (χ2n) is 5.27. The molecular formula is C14H19N7O2. The molecule has 1 aliphatic heterocycles. The van der Waals surface area contributed by atoms with Crippen molar-refractivity contribution < 1.29 is 9.53 Å². The molecule has 9 nitrogen and oxygen atoms in total. The Balaban J connectivity index is 1.60. The fourth-order valence-corrected chi connectivity index (χ4v) is 2.32. The van der Waals surface area contributed by atoms with Crippen LogP contribution in [0.3, 0.4) is 0 Å². The highest BCUT2D eigenvalue weighted by Gasteiger charge is 2.15. The molecule has 1 aliphatic rings. The van der Waals surface area contributed by atoms with Gasteiger partial charge in [0.25, 0.3) is 0 Å². The fourth-order valence-electron chi connectivity index (χ4n) is 2.32. The Hall–Kier alpha value is -2.55. The average molecular weight is 317 g/mol. The minimum atomic E-state index is -0.139. The second kappa shape index (κ2) is 7.14. The third-order valence-corrected chi connectivity index (χ3v) is 3.43. The molecule has 0 aromatic carbocycles. The van der Waals surface area contributed by atoms with Crippen LogP contribution >= 0.6 is 0 Å². The number of anilines is 1. The highest BCUT2D eigenvalue weighted by molar-refractivity contribution is 5.75. The van der Waals surface area contributed by atoms with Crippen LogP contribution in [0.2, 0.25) is 0 Å². The summed E-state index contributed by atoms with van der Waals surface area (Å²) in [7, 11) is 0. The van der Waals surface area contributed by atoms with Gasteiger partial charge in [0.2, 0.25) is 11.9 Å². The third kappa shape index (κ3) is 4.22. The first-order valence-corrected chi connectivity index (χ1v) is 7.47. The molecular weight excluding hydrogens is 298 g/mol. The predicted octanol–water partition coefficient (Wildman–Crippen LogP) is -0.470. The standard InChI is InChI=1S/C14H19N7O2/c1-11-6-12(7-16-13(22)8-21-10-15-9-17-21)19-14(18-11)20-2-4-23-5-3-20/h6,9-10H,2-5,7-8H2,1H3,(H,16,22). The van der Waals surface area contributed by atoms with Gasteiger partial charge in [0.1, 0.15) is 19.2 Å². The number of hydrogen-bond donors (Lipinski definition) is 1. The molecule has 2 aromatic rings. The summed E-state index contributed by atoms with van der Waals surface area (Å²) in [6, 6.07) is 1.87. The smallest absolute Gasteiger partial charge is 0.242 e. The third-order valence-electron chi connectivity index (χ3n) is 3.43. The number of carbonyl (C=O) groups is 1. The van der Waals surface area contributed by atoms with Crippen LogP contribution in [0.5, 0.6) is 0 Å². The second-order valence-corrected chi connectivity index (χ2v) is 5.27. The van der Waals surface area contributed by atoms with Crippen molar-refractivity contribution in [1.29, 1.82) is 0 Å². The van der Waals surface area contributed by atoms with Gasteiger partial charge in [0.15, 0.2) is 0 Å². The van der Waals surface area contributed by atoms with Crippen molar-refractivity contribution in [2.45, 2.75) is 20.0 Å². The lowest BCUT2D eigenvalue weighted by Gasteiger charge is -2.27. The van der Waals surface area contributed by atoms with Crippen molar-refractivity contribution in [3.63, 3.8) is 0 Å². The molecule has 0 atom stereocenters. The van der Waals surface area contributed by atoms with Crippen molar-refractivity contribution in [3.05, 3.63) is 30.1 Å². The van der Waals surface area contributed by atoms with Gasteiger partial charge in [-0.05, 0) is 13.0 Å². The average Bonchev–Trinajstić information content (AvgIpc) is 3.06. The van der Waals surface area contributed by atoms with Crippen LogP contribution < -0.4 is 10.2 Å². The molecule has 3 heterocycles. The largest absolute Gasteiger partial charge is 0.378 e. The summed E-state index contributed by atoms with van der Waals surface area (Å²) >= 11 is 0. The number of carbonyl (C=O) groups excluding carboxylic acids is 1. The van der Waals surface area contributed by atoms with E-state index >= 15 is 0 Å². The molecule has 23 heavy (non-hydrogen) atoms. The van der Waals surface area contributed by atoms with Gasteiger partial charge in [-0.2, -0.15) is 5.10 Å². The molecule has 1 N–H and O–H groups in total. The first-order chi connectivity index (χ1) is 11.2. The van der Waals surface area contributed by atoms with E-state index in [1.807, 2.05) is 13.0 Å². The Kier molecular flexibility index (Phi) is 4.77. The topological polar surface area (TPSA) is 98.1 Å². The zero-order valence-electron chi connectivity index (χ0n) is 13.0. The highest BCUT2D eigenvalue weighted by Crippen LogP contribution is 2.12. The first kappa shape index (κ1) is 15.3. The van der Waals surface area contributed by atoms with Crippen molar-refractivity contribution in [2.75, 3.05) is 31.2 Å². The van der Waals surface area contributed by atoms with E-state index in [2.05, 4.69) is 30.3 Å². The molecule has 1 amide bonds. The van der Waals surface area contributed by atoms with Gasteiger partial charge in [0, 0.05) is 18.8 Å². The highest BCUT2D eigenvalue weighted by atomic mass is 16.5. The Morgan fingerprint density at radius 3 is 2.91 bits per heavy atom. The number of nitrogens with zero attached hydrogens (tertiary/aromatic N) is 6. The van der Waals surface area contributed by atoms with Gasteiger partial charge >= 0.3 is 0 Å². The molecule has 1 fully saturated rings. The number of hydrogen-bond acceptors (Lipinski definition) is 7. The lowest BCUT2D eigenvalue weighted by Crippen LogP contribution is -2.37. The molecule has 0 radical (unpaired) electrons. The van der Waals surface area contributed by atoms with E-state index in [-0.39, 0.29) is 12.5 Å². The molecule has 3 rings (SSSR count). The Labute approximate surface area is 133 Å². The number of aromatic nitrogens is 5. The number of rotatable bonds is 5. The van der Waals surface area contributed by atoms with E-state index in [9.17, 15) is 4.79 Å². The molecule has 2 aromatic heterocycles. The van der Waals surface area contributed by atoms with Crippen molar-refractivity contribution in [1.82, 2.24) is 30.0 Å². The van der Waals surface area contributed by atoms with E-state index in [0.717, 1.165) is 24.5 Å². The van der Waals surface area contributed by atoms with Crippen LogP contribution in [0.15, 0.2) is 18.7 Å². The lowest BCUT2D eigenvalue weighted by atomic mass is 10.3. The maximum Gasteiger partial charge on any atom is 0.242 e. The Bertz CT molecular complexity index is 653. The SMILES string of the molecule is Cc1cc(CNC(=O)Cn2cncn2)nc(N2CCOCC2)n1. The monoisotopic (exact) mass is 317 g/mol. The van der Waals surface area contributed by atoms with Gasteiger partial charge in [-0.1, -0.05) is 0 Å². The lowest BCUT2D eigenvalue weighted by molar-refractivity contribution is -0.122. The van der Waals surface area contributed by atoms with Crippen LogP contribution in [0.25, 0.3) is 0 Å². The quantitative estimate of drug-likeness (QED) is 0.796. The van der Waals surface area contributed by atoms with E-state index in [4.69, 9.17) is 4.74 Å². The molecule has 0 aliphatic carbocycles. The number of amides is 1. The summed E-state index contributed by atoms with van der Waals surface area (Å²) in [5, 5.41) is 6.73. The summed E-state index contributed by atoms with van der Waals surface area (Å²) in [5.74, 6) is 0.550. The summed E-state index contributed by atoms with van der Waals surface area (Å²) in [6.45, 7) is 5.34. The van der Waals surface area contributed by atoms with Crippen LogP contribution in [0.1, 0.15) is 11.4 Å². The van der Waals surface area contributed by atoms with E-state index < -0.39 is 0 Å². The predicted molar refractivity (Wildman–Crippen MR) is 81.7 cm³/mol. The Morgan fingerprint density at radius 1 is 1.35 bits per heavy atom. The van der Waals surface area contributed by atoms with Crippen molar-refractivity contribution in [2.24, 2.45) is 0 Å². The normalized spacial score (nSPS) is 14.7. The minimum absolute atomic E-state index is 0.139. The number of aryl methyl sites for hydroxylation is 1. The fraction of sp³-hybridized carbons (Fsp3) is 0.500. The van der Waals surface area contributed by atoms with Crippen molar-refractivity contribution in [3.8, 4) is 0 Å². The van der Waals surface area contributed by atoms with E-state index in [0.29, 0.717) is 25.7 Å². The van der Waals surface area contributed by atoms with Gasteiger partial charge in [0.05, 0.1) is 25.5 Å². The van der Waals surface area contributed by atoms with E-state index in [1.54, 1.807) is 0 Å². The zero-order chi connectivity index (χ0) is 16.1. The van der Waals surface area contributed by atoms with Gasteiger partial charge < -0.3 is 15.0 Å². The molecule has 122 valence electrons. The number of ether oxygens (including phenoxy) is 1. The molecule has 0 saturated carbocycles. The summed E-state index contributed by atoms with van der Waals surface area (Å²) in [4.78, 5) is 26.8.